The highest BCUT2D eigenvalue weighted by atomic mass is 32.2. The lowest BCUT2D eigenvalue weighted by Crippen LogP contribution is -2.50. The lowest BCUT2D eigenvalue weighted by molar-refractivity contribution is -0.134. The largest absolute Gasteiger partial charge is 0.273 e. The van der Waals surface area contributed by atoms with E-state index < -0.39 is 0 Å². The standard InChI is InChI=1S/C21H27FN2O2S/c22-17-1-3-18(4-2-17)27-6-5-19(25)23-24-20(26)13-21-10-14-7-15(11-21)9-16(8-14)12-21/h1-4,14-16H,5-13H2,(H,23,25)(H,24,26). The zero-order chi connectivity index (χ0) is 18.9. The van der Waals surface area contributed by atoms with Gasteiger partial charge in [0, 0.05) is 23.5 Å². The number of halogens is 1. The van der Waals surface area contributed by atoms with Gasteiger partial charge in [-0.05, 0) is 86.0 Å². The van der Waals surface area contributed by atoms with Gasteiger partial charge in [0.1, 0.15) is 5.82 Å². The van der Waals surface area contributed by atoms with Gasteiger partial charge < -0.3 is 0 Å². The van der Waals surface area contributed by atoms with E-state index in [1.807, 2.05) is 0 Å². The van der Waals surface area contributed by atoms with Crippen LogP contribution in [-0.4, -0.2) is 17.6 Å². The maximum atomic E-state index is 12.9. The zero-order valence-electron chi connectivity index (χ0n) is 15.5. The third-order valence-corrected chi connectivity index (χ3v) is 7.47. The number of amides is 2. The molecule has 1 aromatic carbocycles. The Morgan fingerprint density at radius 3 is 2.11 bits per heavy atom. The van der Waals surface area contributed by atoms with Crippen molar-refractivity contribution in [3.05, 3.63) is 30.1 Å². The van der Waals surface area contributed by atoms with E-state index in [1.54, 1.807) is 12.1 Å². The highest BCUT2D eigenvalue weighted by Crippen LogP contribution is 2.61. The fraction of sp³-hybridized carbons (Fsp3) is 0.619. The Hall–Kier alpha value is -1.56. The van der Waals surface area contributed by atoms with Crippen molar-refractivity contribution in [2.75, 3.05) is 5.75 Å². The van der Waals surface area contributed by atoms with Crippen LogP contribution in [0.2, 0.25) is 0 Å². The summed E-state index contributed by atoms with van der Waals surface area (Å²) in [7, 11) is 0. The Kier molecular flexibility index (Phi) is 5.44. The summed E-state index contributed by atoms with van der Waals surface area (Å²) in [4.78, 5) is 25.3. The number of rotatable bonds is 6. The molecule has 2 amide bonds. The van der Waals surface area contributed by atoms with Crippen molar-refractivity contribution in [2.24, 2.45) is 23.2 Å². The number of benzene rings is 1. The lowest BCUT2D eigenvalue weighted by atomic mass is 9.49. The van der Waals surface area contributed by atoms with Crippen LogP contribution >= 0.6 is 11.8 Å². The molecule has 5 rings (SSSR count). The van der Waals surface area contributed by atoms with Gasteiger partial charge in [0.05, 0.1) is 0 Å². The number of hydrogen-bond donors (Lipinski definition) is 2. The Labute approximate surface area is 164 Å². The van der Waals surface area contributed by atoms with Crippen LogP contribution < -0.4 is 10.9 Å². The number of hydrogen-bond acceptors (Lipinski definition) is 3. The summed E-state index contributed by atoms with van der Waals surface area (Å²) in [6.07, 6.45) is 8.51. The molecular weight excluding hydrogens is 363 g/mol. The van der Waals surface area contributed by atoms with E-state index in [-0.39, 0.29) is 23.0 Å². The minimum absolute atomic E-state index is 0.0588. The SMILES string of the molecule is O=C(CCSc1ccc(F)cc1)NNC(=O)CC12CC3CC(CC(C3)C1)C2. The first-order valence-corrected chi connectivity index (χ1v) is 10.9. The molecule has 1 aromatic rings. The van der Waals surface area contributed by atoms with E-state index in [0.29, 0.717) is 18.6 Å². The summed E-state index contributed by atoms with van der Waals surface area (Å²) >= 11 is 1.50. The van der Waals surface area contributed by atoms with Gasteiger partial charge in [-0.25, -0.2) is 4.39 Å². The van der Waals surface area contributed by atoms with Gasteiger partial charge in [0.15, 0.2) is 0 Å². The maximum absolute atomic E-state index is 12.9. The van der Waals surface area contributed by atoms with Gasteiger partial charge in [-0.2, -0.15) is 0 Å². The van der Waals surface area contributed by atoms with E-state index in [9.17, 15) is 14.0 Å². The molecule has 0 aromatic heterocycles. The molecule has 0 aliphatic heterocycles. The van der Waals surface area contributed by atoms with Crippen molar-refractivity contribution in [2.45, 2.75) is 56.3 Å². The molecule has 4 fully saturated rings. The molecule has 4 saturated carbocycles. The maximum Gasteiger partial charge on any atom is 0.239 e. The van der Waals surface area contributed by atoms with Crippen LogP contribution in [0.25, 0.3) is 0 Å². The summed E-state index contributed by atoms with van der Waals surface area (Å²) in [6.45, 7) is 0. The van der Waals surface area contributed by atoms with E-state index in [1.165, 1.54) is 62.4 Å². The predicted molar refractivity (Wildman–Crippen MR) is 103 cm³/mol. The Bertz CT molecular complexity index is 671. The van der Waals surface area contributed by atoms with Crippen molar-refractivity contribution < 1.29 is 14.0 Å². The second-order valence-electron chi connectivity index (χ2n) is 8.74. The Morgan fingerprint density at radius 1 is 0.963 bits per heavy atom. The number of nitrogens with one attached hydrogen (secondary N) is 2. The van der Waals surface area contributed by atoms with Crippen molar-refractivity contribution in [1.82, 2.24) is 10.9 Å². The second-order valence-corrected chi connectivity index (χ2v) is 9.91. The predicted octanol–water partition coefficient (Wildman–Crippen LogP) is 4.06. The average Bonchev–Trinajstić information content (AvgIpc) is 2.60. The van der Waals surface area contributed by atoms with Crippen LogP contribution in [0.1, 0.15) is 51.4 Å². The second kappa shape index (κ2) is 7.82. The topological polar surface area (TPSA) is 58.2 Å². The van der Waals surface area contributed by atoms with Crippen LogP contribution in [0.3, 0.4) is 0 Å². The molecule has 4 aliphatic carbocycles. The van der Waals surface area contributed by atoms with Gasteiger partial charge >= 0.3 is 0 Å². The van der Waals surface area contributed by atoms with Crippen molar-refractivity contribution in [1.29, 1.82) is 0 Å². The van der Waals surface area contributed by atoms with Gasteiger partial charge in [-0.15, -0.1) is 11.8 Å². The first kappa shape index (κ1) is 18.8. The molecule has 6 heteroatoms. The van der Waals surface area contributed by atoms with Crippen molar-refractivity contribution in [3.8, 4) is 0 Å². The van der Waals surface area contributed by atoms with Gasteiger partial charge in [0.25, 0.3) is 0 Å². The molecule has 0 saturated heterocycles. The van der Waals surface area contributed by atoms with Gasteiger partial charge in [-0.1, -0.05) is 0 Å². The number of carbonyl (C=O) groups excluding carboxylic acids is 2. The fourth-order valence-electron chi connectivity index (χ4n) is 5.89. The molecule has 0 unspecified atom stereocenters. The minimum Gasteiger partial charge on any atom is -0.273 e. The molecule has 4 aliphatic rings. The molecule has 27 heavy (non-hydrogen) atoms. The molecule has 4 bridgehead atoms. The number of carbonyl (C=O) groups is 2. The van der Waals surface area contributed by atoms with E-state index in [4.69, 9.17) is 0 Å². The molecular formula is C21H27FN2O2S. The first-order valence-electron chi connectivity index (χ1n) is 9.96. The summed E-state index contributed by atoms with van der Waals surface area (Å²) in [5.41, 5.74) is 5.35. The number of hydrazine groups is 1. The summed E-state index contributed by atoms with van der Waals surface area (Å²) in [5.74, 6) is 2.53. The molecule has 0 spiro atoms. The quantitative estimate of drug-likeness (QED) is 0.569. The van der Waals surface area contributed by atoms with Crippen LogP contribution in [0.4, 0.5) is 4.39 Å². The Balaban J connectivity index is 1.17. The van der Waals surface area contributed by atoms with Gasteiger partial charge in [-0.3, -0.25) is 20.4 Å². The molecule has 4 nitrogen and oxygen atoms in total. The van der Waals surface area contributed by atoms with E-state index in [2.05, 4.69) is 10.9 Å². The molecule has 0 heterocycles. The first-order chi connectivity index (χ1) is 13.0. The van der Waals surface area contributed by atoms with Crippen molar-refractivity contribution in [3.63, 3.8) is 0 Å². The average molecular weight is 391 g/mol. The Morgan fingerprint density at radius 2 is 1.52 bits per heavy atom. The molecule has 0 radical (unpaired) electrons. The summed E-state index contributed by atoms with van der Waals surface area (Å²) in [5, 5.41) is 0. The number of thioether (sulfide) groups is 1. The normalized spacial score (nSPS) is 30.9. The lowest BCUT2D eigenvalue weighted by Gasteiger charge is -2.56. The molecule has 146 valence electrons. The van der Waals surface area contributed by atoms with Crippen LogP contribution in [0.5, 0.6) is 0 Å². The highest BCUT2D eigenvalue weighted by molar-refractivity contribution is 7.99. The molecule has 0 atom stereocenters. The third kappa shape index (κ3) is 4.65. The van der Waals surface area contributed by atoms with Crippen LogP contribution in [0, 0.1) is 29.0 Å². The summed E-state index contributed by atoms with van der Waals surface area (Å²) < 4.78 is 12.9. The highest BCUT2D eigenvalue weighted by Gasteiger charge is 2.51. The van der Waals surface area contributed by atoms with Crippen molar-refractivity contribution >= 4 is 23.6 Å². The van der Waals surface area contributed by atoms with E-state index >= 15 is 0 Å². The minimum atomic E-state index is -0.265. The molecule has 2 N–H and O–H groups in total. The third-order valence-electron chi connectivity index (χ3n) is 6.45. The smallest absolute Gasteiger partial charge is 0.239 e. The fourth-order valence-corrected chi connectivity index (χ4v) is 6.74. The van der Waals surface area contributed by atoms with Gasteiger partial charge in [0.2, 0.25) is 11.8 Å². The van der Waals surface area contributed by atoms with E-state index in [0.717, 1.165) is 22.6 Å². The van der Waals surface area contributed by atoms with Crippen LogP contribution in [0.15, 0.2) is 29.2 Å². The zero-order valence-corrected chi connectivity index (χ0v) is 16.3. The van der Waals surface area contributed by atoms with Crippen LogP contribution in [-0.2, 0) is 9.59 Å². The monoisotopic (exact) mass is 390 g/mol. The summed E-state index contributed by atoms with van der Waals surface area (Å²) in [6, 6.07) is 6.22.